The van der Waals surface area contributed by atoms with Crippen LogP contribution in [0.25, 0.3) is 0 Å². The van der Waals surface area contributed by atoms with Crippen LogP contribution >= 0.6 is 0 Å². The van der Waals surface area contributed by atoms with Crippen LogP contribution in [-0.4, -0.2) is 28.7 Å². The minimum atomic E-state index is -0.586. The normalized spacial score (nSPS) is 22.5. The molecule has 2 heterocycles. The van der Waals surface area contributed by atoms with E-state index < -0.39 is 6.04 Å². The molecule has 1 aliphatic carbocycles. The molecular weight excluding hydrogens is 392 g/mol. The maximum absolute atomic E-state index is 13.2. The molecule has 3 amide bonds. The fraction of sp³-hybridized carbons (Fsp3) is 0.375. The highest BCUT2D eigenvalue weighted by Crippen LogP contribution is 2.33. The molecule has 7 nitrogen and oxygen atoms in total. The van der Waals surface area contributed by atoms with Gasteiger partial charge in [-0.1, -0.05) is 36.4 Å². The molecule has 2 aliphatic heterocycles. The molecule has 0 aromatic heterocycles. The minimum absolute atomic E-state index is 0.124. The standard InChI is InChI=1S/C24H26N4O3/c25-11-14-4-6-18-15(10-14)5-7-19(18)26-12-16-2-1-3-17-13-28(24(31)22(16)17)20-8-9-21(29)27-23(20)30/h1-4,6,10,19-20,26H,5,7-9,11-13,25H2,(H,27,29,30). The van der Waals surface area contributed by atoms with Crippen molar-refractivity contribution in [2.75, 3.05) is 0 Å². The van der Waals surface area contributed by atoms with E-state index >= 15 is 0 Å². The van der Waals surface area contributed by atoms with Crippen LogP contribution in [0.3, 0.4) is 0 Å². The first-order valence-electron chi connectivity index (χ1n) is 10.9. The summed E-state index contributed by atoms with van der Waals surface area (Å²) in [6, 6.07) is 12.0. The maximum Gasteiger partial charge on any atom is 0.255 e. The van der Waals surface area contributed by atoms with Crippen molar-refractivity contribution in [2.45, 2.75) is 57.4 Å². The number of nitrogens with zero attached hydrogens (tertiary/aromatic N) is 1. The van der Waals surface area contributed by atoms with Gasteiger partial charge in [0.1, 0.15) is 6.04 Å². The SMILES string of the molecule is NCc1ccc2c(c1)CCC2NCc1cccc2c1C(=O)N(C1CCC(=O)NC1=O)C2. The number of nitrogens with two attached hydrogens (primary N) is 1. The van der Waals surface area contributed by atoms with Crippen LogP contribution in [0.15, 0.2) is 36.4 Å². The summed E-state index contributed by atoms with van der Waals surface area (Å²) in [5.41, 5.74) is 12.1. The summed E-state index contributed by atoms with van der Waals surface area (Å²) in [5, 5.41) is 5.98. The fourth-order valence-electron chi connectivity index (χ4n) is 5.08. The molecule has 1 saturated heterocycles. The zero-order valence-electron chi connectivity index (χ0n) is 17.3. The Balaban J connectivity index is 1.32. The number of imide groups is 1. The number of aryl methyl sites for hydroxylation is 1. The Labute approximate surface area is 181 Å². The Morgan fingerprint density at radius 3 is 2.74 bits per heavy atom. The second-order valence-corrected chi connectivity index (χ2v) is 8.56. The highest BCUT2D eigenvalue weighted by Gasteiger charge is 2.40. The van der Waals surface area contributed by atoms with Gasteiger partial charge in [-0.25, -0.2) is 0 Å². The first kappa shape index (κ1) is 19.9. The molecule has 7 heteroatoms. The largest absolute Gasteiger partial charge is 0.326 e. The molecule has 2 aromatic carbocycles. The number of benzene rings is 2. The van der Waals surface area contributed by atoms with E-state index in [4.69, 9.17) is 5.73 Å². The molecule has 0 bridgehead atoms. The lowest BCUT2D eigenvalue weighted by atomic mass is 10.0. The molecule has 0 saturated carbocycles. The number of nitrogens with one attached hydrogen (secondary N) is 2. The Hall–Kier alpha value is -3.03. The van der Waals surface area contributed by atoms with Crippen LogP contribution < -0.4 is 16.4 Å². The first-order valence-corrected chi connectivity index (χ1v) is 10.9. The molecule has 1 fully saturated rings. The summed E-state index contributed by atoms with van der Waals surface area (Å²) in [6.45, 7) is 1.54. The van der Waals surface area contributed by atoms with E-state index in [0.717, 1.165) is 29.5 Å². The molecule has 3 aliphatic rings. The third kappa shape index (κ3) is 3.54. The number of piperidine rings is 1. The van der Waals surface area contributed by atoms with Gasteiger partial charge >= 0.3 is 0 Å². The predicted octanol–water partition coefficient (Wildman–Crippen LogP) is 1.68. The van der Waals surface area contributed by atoms with Gasteiger partial charge in [-0.2, -0.15) is 0 Å². The van der Waals surface area contributed by atoms with Gasteiger partial charge in [-0.3, -0.25) is 19.7 Å². The average Bonchev–Trinajstić information content (AvgIpc) is 3.33. The van der Waals surface area contributed by atoms with E-state index in [9.17, 15) is 14.4 Å². The van der Waals surface area contributed by atoms with Gasteiger partial charge < -0.3 is 16.0 Å². The summed E-state index contributed by atoms with van der Waals surface area (Å²) < 4.78 is 0. The van der Waals surface area contributed by atoms with Crippen molar-refractivity contribution < 1.29 is 14.4 Å². The van der Waals surface area contributed by atoms with Crippen LogP contribution in [0.5, 0.6) is 0 Å². The summed E-state index contributed by atoms with van der Waals surface area (Å²) in [6.07, 6.45) is 2.68. The van der Waals surface area contributed by atoms with Crippen molar-refractivity contribution in [2.24, 2.45) is 5.73 Å². The Kier molecular flexibility index (Phi) is 5.08. The lowest BCUT2D eigenvalue weighted by Gasteiger charge is -2.29. The third-order valence-corrected chi connectivity index (χ3v) is 6.70. The van der Waals surface area contributed by atoms with E-state index in [-0.39, 0.29) is 30.2 Å². The van der Waals surface area contributed by atoms with E-state index in [2.05, 4.69) is 28.8 Å². The van der Waals surface area contributed by atoms with E-state index in [0.29, 0.717) is 31.6 Å². The molecule has 4 N–H and O–H groups in total. The van der Waals surface area contributed by atoms with E-state index in [1.165, 1.54) is 11.1 Å². The average molecular weight is 418 g/mol. The van der Waals surface area contributed by atoms with Crippen molar-refractivity contribution in [3.63, 3.8) is 0 Å². The lowest BCUT2D eigenvalue weighted by Crippen LogP contribution is -2.52. The summed E-state index contributed by atoms with van der Waals surface area (Å²) in [7, 11) is 0. The molecule has 31 heavy (non-hydrogen) atoms. The fourth-order valence-corrected chi connectivity index (χ4v) is 5.08. The number of rotatable bonds is 5. The maximum atomic E-state index is 13.2. The number of amides is 3. The smallest absolute Gasteiger partial charge is 0.255 e. The van der Waals surface area contributed by atoms with Crippen LogP contribution in [0.1, 0.15) is 63.5 Å². The zero-order chi connectivity index (χ0) is 21.5. The Morgan fingerprint density at radius 1 is 1.06 bits per heavy atom. The summed E-state index contributed by atoms with van der Waals surface area (Å²) in [4.78, 5) is 38.6. The molecular formula is C24H26N4O3. The Morgan fingerprint density at radius 2 is 1.94 bits per heavy atom. The van der Waals surface area contributed by atoms with E-state index in [1.54, 1.807) is 4.90 Å². The number of hydrogen-bond donors (Lipinski definition) is 3. The van der Waals surface area contributed by atoms with Crippen molar-refractivity contribution >= 4 is 17.7 Å². The van der Waals surface area contributed by atoms with Crippen molar-refractivity contribution in [3.8, 4) is 0 Å². The highest BCUT2D eigenvalue weighted by atomic mass is 16.2. The van der Waals surface area contributed by atoms with Gasteiger partial charge in [0.05, 0.1) is 0 Å². The molecule has 5 rings (SSSR count). The van der Waals surface area contributed by atoms with Crippen molar-refractivity contribution in [1.82, 2.24) is 15.5 Å². The number of hydrogen-bond acceptors (Lipinski definition) is 5. The lowest BCUT2D eigenvalue weighted by molar-refractivity contribution is -0.136. The topological polar surface area (TPSA) is 105 Å². The van der Waals surface area contributed by atoms with Crippen molar-refractivity contribution in [1.29, 1.82) is 0 Å². The van der Waals surface area contributed by atoms with Crippen LogP contribution in [0.2, 0.25) is 0 Å². The zero-order valence-corrected chi connectivity index (χ0v) is 17.3. The number of fused-ring (bicyclic) bond motifs is 2. The first-order chi connectivity index (χ1) is 15.0. The predicted molar refractivity (Wildman–Crippen MR) is 115 cm³/mol. The van der Waals surface area contributed by atoms with Gasteiger partial charge in [-0.15, -0.1) is 0 Å². The Bertz CT molecular complexity index is 1080. The van der Waals surface area contributed by atoms with Gasteiger partial charge in [0.25, 0.3) is 5.91 Å². The minimum Gasteiger partial charge on any atom is -0.326 e. The third-order valence-electron chi connectivity index (χ3n) is 6.70. The van der Waals surface area contributed by atoms with Crippen molar-refractivity contribution in [3.05, 3.63) is 69.8 Å². The second kappa shape index (κ2) is 7.90. The molecule has 0 radical (unpaired) electrons. The van der Waals surface area contributed by atoms with Gasteiger partial charge in [0.2, 0.25) is 11.8 Å². The molecule has 2 aromatic rings. The van der Waals surface area contributed by atoms with Gasteiger partial charge in [0, 0.05) is 37.7 Å². The van der Waals surface area contributed by atoms with Gasteiger partial charge in [-0.05, 0) is 47.1 Å². The van der Waals surface area contributed by atoms with Crippen LogP contribution in [0.4, 0.5) is 0 Å². The number of carbonyl (C=O) groups is 3. The highest BCUT2D eigenvalue weighted by molar-refractivity contribution is 6.06. The monoisotopic (exact) mass is 418 g/mol. The van der Waals surface area contributed by atoms with E-state index in [1.807, 2.05) is 18.2 Å². The molecule has 160 valence electrons. The van der Waals surface area contributed by atoms with Gasteiger partial charge in [0.15, 0.2) is 0 Å². The summed E-state index contributed by atoms with van der Waals surface area (Å²) in [5.74, 6) is -0.775. The number of carbonyl (C=O) groups excluding carboxylic acids is 3. The quantitative estimate of drug-likeness (QED) is 0.641. The molecule has 2 atom stereocenters. The molecule has 0 spiro atoms. The second-order valence-electron chi connectivity index (χ2n) is 8.56. The van der Waals surface area contributed by atoms with Crippen LogP contribution in [-0.2, 0) is 35.6 Å². The summed E-state index contributed by atoms with van der Waals surface area (Å²) >= 11 is 0. The molecule has 2 unspecified atom stereocenters. The van der Waals surface area contributed by atoms with Crippen LogP contribution in [0, 0.1) is 0 Å².